The summed E-state index contributed by atoms with van der Waals surface area (Å²) in [5.74, 6) is 0.613. The van der Waals surface area contributed by atoms with Gasteiger partial charge in [0.05, 0.1) is 12.7 Å². The molecular weight excluding hydrogens is 176 g/mol. The average Bonchev–Trinajstić information content (AvgIpc) is 2.54. The summed E-state index contributed by atoms with van der Waals surface area (Å²) in [4.78, 5) is 3.20. The molecule has 0 fully saturated rings. The number of nitriles is 1. The fraction of sp³-hybridized carbons (Fsp3) is 0.182. The number of nitrogens with one attached hydrogen (secondary N) is 1. The number of nitrogens with zero attached hydrogens (tertiary/aromatic N) is 1. The summed E-state index contributed by atoms with van der Waals surface area (Å²) in [6.07, 6.45) is 0. The number of fused-ring (bicyclic) bond motifs is 1. The molecule has 3 nitrogen and oxygen atoms in total. The van der Waals surface area contributed by atoms with Gasteiger partial charge in [-0.05, 0) is 19.1 Å². The van der Waals surface area contributed by atoms with Gasteiger partial charge in [-0.1, -0.05) is 0 Å². The molecule has 0 bridgehead atoms. The van der Waals surface area contributed by atoms with Crippen molar-refractivity contribution >= 4 is 10.9 Å². The standard InChI is InChI=1S/C11H10N2O/c1-7-3-8-4-9(6-12)11(14-2)5-10(8)13-7/h3-5,13H,1-2H3. The number of aromatic amines is 1. The third-order valence-corrected chi connectivity index (χ3v) is 2.20. The third-order valence-electron chi connectivity index (χ3n) is 2.20. The van der Waals surface area contributed by atoms with Crippen LogP contribution in [0.1, 0.15) is 11.3 Å². The summed E-state index contributed by atoms with van der Waals surface area (Å²) in [5.41, 5.74) is 2.65. The van der Waals surface area contributed by atoms with E-state index in [9.17, 15) is 0 Å². The van der Waals surface area contributed by atoms with Gasteiger partial charge in [0.1, 0.15) is 11.8 Å². The van der Waals surface area contributed by atoms with E-state index >= 15 is 0 Å². The maximum atomic E-state index is 8.88. The molecule has 14 heavy (non-hydrogen) atoms. The first-order valence-corrected chi connectivity index (χ1v) is 4.32. The molecule has 70 valence electrons. The van der Waals surface area contributed by atoms with E-state index in [-0.39, 0.29) is 0 Å². The molecule has 0 aliphatic carbocycles. The lowest BCUT2D eigenvalue weighted by molar-refractivity contribution is 0.414. The maximum Gasteiger partial charge on any atom is 0.138 e. The molecule has 0 radical (unpaired) electrons. The lowest BCUT2D eigenvalue weighted by Gasteiger charge is -2.01. The number of hydrogen-bond donors (Lipinski definition) is 1. The highest BCUT2D eigenvalue weighted by Crippen LogP contribution is 2.25. The van der Waals surface area contributed by atoms with Gasteiger partial charge in [-0.25, -0.2) is 0 Å². The highest BCUT2D eigenvalue weighted by Gasteiger charge is 2.05. The molecule has 1 N–H and O–H groups in total. The van der Waals surface area contributed by atoms with Crippen LogP contribution in [0.15, 0.2) is 18.2 Å². The van der Waals surface area contributed by atoms with E-state index in [1.54, 1.807) is 7.11 Å². The highest BCUT2D eigenvalue weighted by molar-refractivity contribution is 5.84. The van der Waals surface area contributed by atoms with Crippen molar-refractivity contribution in [1.29, 1.82) is 5.26 Å². The molecule has 1 heterocycles. The lowest BCUT2D eigenvalue weighted by atomic mass is 10.1. The summed E-state index contributed by atoms with van der Waals surface area (Å²) < 4.78 is 5.11. The second-order valence-corrected chi connectivity index (χ2v) is 3.20. The molecule has 0 aliphatic rings. The van der Waals surface area contributed by atoms with Crippen molar-refractivity contribution in [3.63, 3.8) is 0 Å². The Labute approximate surface area is 81.9 Å². The Morgan fingerprint density at radius 3 is 2.79 bits per heavy atom. The number of hydrogen-bond acceptors (Lipinski definition) is 2. The maximum absolute atomic E-state index is 8.88. The van der Waals surface area contributed by atoms with Crippen LogP contribution in [0.4, 0.5) is 0 Å². The summed E-state index contributed by atoms with van der Waals surface area (Å²) in [6, 6.07) is 7.80. The fourth-order valence-corrected chi connectivity index (χ4v) is 1.56. The van der Waals surface area contributed by atoms with E-state index in [4.69, 9.17) is 10.00 Å². The van der Waals surface area contributed by atoms with Gasteiger partial charge in [-0.15, -0.1) is 0 Å². The molecule has 0 saturated carbocycles. The van der Waals surface area contributed by atoms with E-state index in [0.29, 0.717) is 11.3 Å². The number of ether oxygens (including phenoxy) is 1. The van der Waals surface area contributed by atoms with Crippen molar-refractivity contribution in [2.24, 2.45) is 0 Å². The number of H-pyrrole nitrogens is 1. The zero-order chi connectivity index (χ0) is 10.1. The van der Waals surface area contributed by atoms with E-state index in [1.807, 2.05) is 25.1 Å². The normalized spacial score (nSPS) is 10.1. The summed E-state index contributed by atoms with van der Waals surface area (Å²) in [7, 11) is 1.57. The molecule has 3 heteroatoms. The minimum atomic E-state index is 0.569. The van der Waals surface area contributed by atoms with Gasteiger partial charge in [0.25, 0.3) is 0 Å². The second kappa shape index (κ2) is 3.08. The Bertz CT molecular complexity index is 520. The zero-order valence-electron chi connectivity index (χ0n) is 8.09. The average molecular weight is 186 g/mol. The number of methoxy groups -OCH3 is 1. The van der Waals surface area contributed by atoms with Crippen LogP contribution in [0.2, 0.25) is 0 Å². The van der Waals surface area contributed by atoms with E-state index in [0.717, 1.165) is 16.6 Å². The second-order valence-electron chi connectivity index (χ2n) is 3.20. The van der Waals surface area contributed by atoms with Crippen molar-refractivity contribution in [2.45, 2.75) is 6.92 Å². The highest BCUT2D eigenvalue weighted by atomic mass is 16.5. The van der Waals surface area contributed by atoms with Crippen LogP contribution < -0.4 is 4.74 Å². The van der Waals surface area contributed by atoms with Crippen LogP contribution in [-0.2, 0) is 0 Å². The zero-order valence-corrected chi connectivity index (χ0v) is 8.09. The largest absolute Gasteiger partial charge is 0.495 e. The van der Waals surface area contributed by atoms with Crippen LogP contribution in [0.5, 0.6) is 5.75 Å². The van der Waals surface area contributed by atoms with Crippen LogP contribution in [0.3, 0.4) is 0 Å². The van der Waals surface area contributed by atoms with Crippen molar-refractivity contribution in [3.05, 3.63) is 29.5 Å². The molecule has 0 aliphatic heterocycles. The molecule has 0 atom stereocenters. The van der Waals surface area contributed by atoms with Crippen LogP contribution in [-0.4, -0.2) is 12.1 Å². The molecule has 0 amide bonds. The number of benzene rings is 1. The predicted molar refractivity (Wildman–Crippen MR) is 54.3 cm³/mol. The third kappa shape index (κ3) is 1.21. The first kappa shape index (κ1) is 8.64. The number of rotatable bonds is 1. The molecule has 1 aromatic heterocycles. The quantitative estimate of drug-likeness (QED) is 0.743. The van der Waals surface area contributed by atoms with Crippen molar-refractivity contribution < 1.29 is 4.74 Å². The summed E-state index contributed by atoms with van der Waals surface area (Å²) in [6.45, 7) is 1.98. The summed E-state index contributed by atoms with van der Waals surface area (Å²) >= 11 is 0. The smallest absolute Gasteiger partial charge is 0.138 e. The van der Waals surface area contributed by atoms with Gasteiger partial charge < -0.3 is 9.72 Å². The lowest BCUT2D eigenvalue weighted by Crippen LogP contribution is -1.87. The predicted octanol–water partition coefficient (Wildman–Crippen LogP) is 2.36. The summed E-state index contributed by atoms with van der Waals surface area (Å²) in [5, 5.41) is 9.92. The Kier molecular flexibility index (Phi) is 1.90. The van der Waals surface area contributed by atoms with Crippen LogP contribution in [0, 0.1) is 18.3 Å². The molecule has 0 spiro atoms. The monoisotopic (exact) mass is 186 g/mol. The van der Waals surface area contributed by atoms with Gasteiger partial charge in [-0.3, -0.25) is 0 Å². The van der Waals surface area contributed by atoms with Crippen molar-refractivity contribution in [3.8, 4) is 11.8 Å². The van der Waals surface area contributed by atoms with Gasteiger partial charge in [-0.2, -0.15) is 5.26 Å². The molecule has 2 aromatic rings. The molecular formula is C11H10N2O. The Morgan fingerprint density at radius 1 is 1.36 bits per heavy atom. The molecule has 0 unspecified atom stereocenters. The molecule has 1 aromatic carbocycles. The Hall–Kier alpha value is -1.95. The van der Waals surface area contributed by atoms with Crippen molar-refractivity contribution in [2.75, 3.05) is 7.11 Å². The minimum absolute atomic E-state index is 0.569. The van der Waals surface area contributed by atoms with Crippen molar-refractivity contribution in [1.82, 2.24) is 4.98 Å². The Morgan fingerprint density at radius 2 is 2.14 bits per heavy atom. The van der Waals surface area contributed by atoms with Gasteiger partial charge in [0.15, 0.2) is 0 Å². The molecule has 0 saturated heterocycles. The van der Waals surface area contributed by atoms with Gasteiger partial charge in [0, 0.05) is 22.7 Å². The minimum Gasteiger partial charge on any atom is -0.495 e. The SMILES string of the molecule is COc1cc2[nH]c(C)cc2cc1C#N. The number of aromatic nitrogens is 1. The van der Waals surface area contributed by atoms with Crippen LogP contribution in [0.25, 0.3) is 10.9 Å². The fourth-order valence-electron chi connectivity index (χ4n) is 1.56. The van der Waals surface area contributed by atoms with Gasteiger partial charge >= 0.3 is 0 Å². The van der Waals surface area contributed by atoms with Gasteiger partial charge in [0.2, 0.25) is 0 Å². The number of aryl methyl sites for hydroxylation is 1. The van der Waals surface area contributed by atoms with E-state index in [2.05, 4.69) is 11.1 Å². The van der Waals surface area contributed by atoms with E-state index in [1.165, 1.54) is 0 Å². The topological polar surface area (TPSA) is 48.8 Å². The van der Waals surface area contributed by atoms with E-state index < -0.39 is 0 Å². The first-order chi connectivity index (χ1) is 6.74. The first-order valence-electron chi connectivity index (χ1n) is 4.32. The van der Waals surface area contributed by atoms with Crippen LogP contribution >= 0.6 is 0 Å². The Balaban J connectivity index is 2.76. The molecule has 2 rings (SSSR count).